The zero-order chi connectivity index (χ0) is 18.1. The van der Waals surface area contributed by atoms with E-state index in [0.29, 0.717) is 6.61 Å². The van der Waals surface area contributed by atoms with Gasteiger partial charge < -0.3 is 15.4 Å². The van der Waals surface area contributed by atoms with Crippen molar-refractivity contribution in [2.75, 3.05) is 18.5 Å². The molecule has 2 rings (SSSR count). The number of halogens is 7. The van der Waals surface area contributed by atoms with Crippen molar-refractivity contribution in [1.29, 1.82) is 0 Å². The van der Waals surface area contributed by atoms with Crippen LogP contribution in [0.2, 0.25) is 0 Å². The van der Waals surface area contributed by atoms with Gasteiger partial charge in [-0.1, -0.05) is 0 Å². The Labute approximate surface area is 137 Å². The molecule has 0 spiro atoms. The lowest BCUT2D eigenvalue weighted by molar-refractivity contribution is -0.143. The SMILES string of the molecule is Fc1c(F)c(C(F)(F)F)c(F)c(F)c1NC(=S)NC[C@H]1CCCO1. The van der Waals surface area contributed by atoms with Crippen molar-refractivity contribution in [3.63, 3.8) is 0 Å². The zero-order valence-corrected chi connectivity index (χ0v) is 12.7. The number of thiocarbonyl (C=S) groups is 1. The van der Waals surface area contributed by atoms with Crippen molar-refractivity contribution in [1.82, 2.24) is 5.32 Å². The highest BCUT2D eigenvalue weighted by atomic mass is 32.1. The molecule has 1 aliphatic rings. The van der Waals surface area contributed by atoms with E-state index >= 15 is 0 Å². The molecule has 0 saturated carbocycles. The molecule has 1 aromatic carbocycles. The summed E-state index contributed by atoms with van der Waals surface area (Å²) in [4.78, 5) is 0. The van der Waals surface area contributed by atoms with Gasteiger partial charge in [-0.15, -0.1) is 0 Å². The van der Waals surface area contributed by atoms with Crippen LogP contribution >= 0.6 is 12.2 Å². The number of hydrogen-bond donors (Lipinski definition) is 2. The van der Waals surface area contributed by atoms with Crippen LogP contribution in [0.4, 0.5) is 36.4 Å². The first-order chi connectivity index (χ1) is 11.1. The van der Waals surface area contributed by atoms with Crippen LogP contribution in [0.15, 0.2) is 0 Å². The molecule has 1 heterocycles. The van der Waals surface area contributed by atoms with Crippen molar-refractivity contribution in [2.45, 2.75) is 25.1 Å². The Morgan fingerprint density at radius 3 is 2.12 bits per heavy atom. The molecule has 0 aliphatic carbocycles. The number of alkyl halides is 3. The number of nitrogens with one attached hydrogen (secondary N) is 2. The summed E-state index contributed by atoms with van der Waals surface area (Å²) >= 11 is 4.70. The van der Waals surface area contributed by atoms with Gasteiger partial charge in [0.1, 0.15) is 11.3 Å². The van der Waals surface area contributed by atoms with E-state index < -0.39 is 45.8 Å². The van der Waals surface area contributed by atoms with Crippen LogP contribution in [0.5, 0.6) is 0 Å². The molecule has 3 nitrogen and oxygen atoms in total. The van der Waals surface area contributed by atoms with Gasteiger partial charge in [0, 0.05) is 13.2 Å². The van der Waals surface area contributed by atoms with Crippen LogP contribution in [0.3, 0.4) is 0 Å². The van der Waals surface area contributed by atoms with Crippen molar-refractivity contribution in [3.05, 3.63) is 28.8 Å². The average Bonchev–Trinajstić information content (AvgIpc) is 2.99. The fourth-order valence-electron chi connectivity index (χ4n) is 2.16. The van der Waals surface area contributed by atoms with E-state index in [0.717, 1.165) is 12.8 Å². The minimum absolute atomic E-state index is 0.167. The highest BCUT2D eigenvalue weighted by Crippen LogP contribution is 2.38. The highest BCUT2D eigenvalue weighted by Gasteiger charge is 2.42. The number of benzene rings is 1. The molecule has 0 radical (unpaired) electrons. The lowest BCUT2D eigenvalue weighted by atomic mass is 10.1. The minimum Gasteiger partial charge on any atom is -0.376 e. The van der Waals surface area contributed by atoms with Crippen LogP contribution in [0.1, 0.15) is 18.4 Å². The smallest absolute Gasteiger partial charge is 0.376 e. The zero-order valence-electron chi connectivity index (χ0n) is 11.9. The Kier molecular flexibility index (Phi) is 5.53. The summed E-state index contributed by atoms with van der Waals surface area (Å²) in [6.07, 6.45) is -4.24. The molecule has 0 amide bonds. The van der Waals surface area contributed by atoms with Crippen LogP contribution < -0.4 is 10.6 Å². The Morgan fingerprint density at radius 2 is 1.67 bits per heavy atom. The lowest BCUT2D eigenvalue weighted by Gasteiger charge is -2.17. The fourth-order valence-corrected chi connectivity index (χ4v) is 2.35. The van der Waals surface area contributed by atoms with Gasteiger partial charge in [-0.25, -0.2) is 17.6 Å². The second kappa shape index (κ2) is 7.09. The Balaban J connectivity index is 2.19. The summed E-state index contributed by atoms with van der Waals surface area (Å²) in [6.45, 7) is 0.714. The molecule has 1 saturated heterocycles. The maximum atomic E-state index is 13.7. The van der Waals surface area contributed by atoms with Gasteiger partial charge in [0.15, 0.2) is 28.4 Å². The second-order valence-electron chi connectivity index (χ2n) is 4.97. The standard InChI is InChI=1S/C13H11F7N2OS/c14-7-6(13(18,19)20)8(15)10(17)11(9(7)16)22-12(24)21-4-5-2-1-3-23-5/h5H,1-4H2,(H2,21,22,24)/t5-/m1/s1. The van der Waals surface area contributed by atoms with Gasteiger partial charge in [-0.3, -0.25) is 0 Å². The van der Waals surface area contributed by atoms with E-state index in [-0.39, 0.29) is 12.6 Å². The maximum Gasteiger partial charge on any atom is 0.422 e. The predicted octanol–water partition coefficient (Wildman–Crippen LogP) is 3.73. The van der Waals surface area contributed by atoms with Crippen molar-refractivity contribution in [3.8, 4) is 0 Å². The lowest BCUT2D eigenvalue weighted by Crippen LogP contribution is -2.35. The quantitative estimate of drug-likeness (QED) is 0.479. The van der Waals surface area contributed by atoms with E-state index in [1.54, 1.807) is 0 Å². The minimum atomic E-state index is -5.59. The molecule has 1 aromatic rings. The van der Waals surface area contributed by atoms with Crippen molar-refractivity contribution in [2.24, 2.45) is 0 Å². The summed E-state index contributed by atoms with van der Waals surface area (Å²) in [5.74, 6) is -9.54. The monoisotopic (exact) mass is 376 g/mol. The van der Waals surface area contributed by atoms with Gasteiger partial charge in [0.05, 0.1) is 6.10 Å². The van der Waals surface area contributed by atoms with Gasteiger partial charge >= 0.3 is 6.18 Å². The third kappa shape index (κ3) is 3.89. The summed E-state index contributed by atoms with van der Waals surface area (Å²) in [5, 5.41) is 3.92. The molecule has 1 atom stereocenters. The van der Waals surface area contributed by atoms with Crippen molar-refractivity contribution < 1.29 is 35.5 Å². The molecular weight excluding hydrogens is 365 g/mol. The first kappa shape index (κ1) is 18.7. The van der Waals surface area contributed by atoms with Gasteiger partial charge in [-0.2, -0.15) is 13.2 Å². The van der Waals surface area contributed by atoms with E-state index in [1.807, 2.05) is 5.32 Å². The summed E-state index contributed by atoms with van der Waals surface area (Å²) in [7, 11) is 0. The number of rotatable bonds is 3. The molecule has 2 N–H and O–H groups in total. The molecule has 0 bridgehead atoms. The molecule has 0 unspecified atom stereocenters. The van der Waals surface area contributed by atoms with Gasteiger partial charge in [0.25, 0.3) is 0 Å². The normalized spacial score (nSPS) is 17.9. The highest BCUT2D eigenvalue weighted by molar-refractivity contribution is 7.80. The molecule has 134 valence electrons. The van der Waals surface area contributed by atoms with E-state index in [1.165, 1.54) is 0 Å². The first-order valence-corrected chi connectivity index (χ1v) is 7.13. The van der Waals surface area contributed by atoms with E-state index in [2.05, 4.69) is 5.32 Å². The summed E-state index contributed by atoms with van der Waals surface area (Å²) in [5.41, 5.74) is -4.08. The van der Waals surface area contributed by atoms with Gasteiger partial charge in [-0.05, 0) is 25.1 Å². The number of anilines is 1. The fraction of sp³-hybridized carbons (Fsp3) is 0.462. The van der Waals surface area contributed by atoms with Crippen LogP contribution in [-0.2, 0) is 10.9 Å². The largest absolute Gasteiger partial charge is 0.422 e. The second-order valence-corrected chi connectivity index (χ2v) is 5.38. The first-order valence-electron chi connectivity index (χ1n) is 6.72. The Morgan fingerprint density at radius 1 is 1.08 bits per heavy atom. The molecular formula is C13H11F7N2OS. The van der Waals surface area contributed by atoms with Crippen molar-refractivity contribution >= 4 is 23.0 Å². The van der Waals surface area contributed by atoms with Crippen LogP contribution in [-0.4, -0.2) is 24.4 Å². The van der Waals surface area contributed by atoms with Crippen LogP contribution in [0.25, 0.3) is 0 Å². The third-order valence-corrected chi connectivity index (χ3v) is 3.55. The topological polar surface area (TPSA) is 33.3 Å². The van der Waals surface area contributed by atoms with Gasteiger partial charge in [0.2, 0.25) is 0 Å². The predicted molar refractivity (Wildman–Crippen MR) is 74.5 cm³/mol. The summed E-state index contributed by atoms with van der Waals surface area (Å²) in [6, 6.07) is 0. The Hall–Kier alpha value is -1.62. The molecule has 11 heteroatoms. The molecule has 1 aliphatic heterocycles. The third-order valence-electron chi connectivity index (χ3n) is 3.30. The van der Waals surface area contributed by atoms with Crippen LogP contribution in [0, 0.1) is 23.3 Å². The number of hydrogen-bond acceptors (Lipinski definition) is 2. The molecule has 1 fully saturated rings. The maximum absolute atomic E-state index is 13.7. The Bertz CT molecular complexity index is 615. The molecule has 0 aromatic heterocycles. The number of ether oxygens (including phenoxy) is 1. The van der Waals surface area contributed by atoms with E-state index in [4.69, 9.17) is 17.0 Å². The van der Waals surface area contributed by atoms with E-state index in [9.17, 15) is 30.7 Å². The average molecular weight is 376 g/mol. The summed E-state index contributed by atoms with van der Waals surface area (Å²) < 4.78 is 96.9. The molecule has 24 heavy (non-hydrogen) atoms.